The smallest absolute Gasteiger partial charge is 0.217 e. The second kappa shape index (κ2) is 22.1. The molecule has 4 aliphatic rings. The zero-order valence-electron chi connectivity index (χ0n) is 34.0. The van der Waals surface area contributed by atoms with E-state index < -0.39 is 180 Å². The first kappa shape index (κ1) is 53.5. The van der Waals surface area contributed by atoms with Gasteiger partial charge in [0, 0.05) is 25.7 Å². The van der Waals surface area contributed by atoms with Crippen molar-refractivity contribution >= 4 is 44.6 Å². The summed E-state index contributed by atoms with van der Waals surface area (Å²) in [6.07, 6.45) is -31.8. The van der Waals surface area contributed by atoms with Gasteiger partial charge in [0.2, 0.25) is 32.6 Å². The summed E-state index contributed by atoms with van der Waals surface area (Å²) in [5.41, 5.74) is 0. The Labute approximate surface area is 364 Å². The van der Waals surface area contributed by atoms with E-state index in [1.165, 1.54) is 19.9 Å². The van der Waals surface area contributed by atoms with Gasteiger partial charge >= 0.3 is 0 Å². The third-order valence-electron chi connectivity index (χ3n) is 10.4. The number of ether oxygens (including phenoxy) is 8. The van der Waals surface area contributed by atoms with Crippen molar-refractivity contribution < 1.29 is 127 Å². The van der Waals surface area contributed by atoms with Gasteiger partial charge in [-0.2, -0.15) is 0 Å². The van der Waals surface area contributed by atoms with E-state index in [1.807, 2.05) is 0 Å². The van der Waals surface area contributed by atoms with Crippen molar-refractivity contribution in [3.8, 4) is 0 Å². The number of aliphatic hydroxyl groups is 5. The van der Waals surface area contributed by atoms with Crippen LogP contribution in [0.15, 0.2) is 12.7 Å². The van der Waals surface area contributed by atoms with Crippen molar-refractivity contribution in [3.63, 3.8) is 0 Å². The van der Waals surface area contributed by atoms with Crippen molar-refractivity contribution in [2.45, 2.75) is 138 Å². The molecule has 4 fully saturated rings. The van der Waals surface area contributed by atoms with Gasteiger partial charge in [-0.25, -0.2) is 16.8 Å². The fourth-order valence-electron chi connectivity index (χ4n) is 7.35. The first-order valence-corrected chi connectivity index (χ1v) is 21.7. The second-order valence-corrected chi connectivity index (χ2v) is 17.1. The summed E-state index contributed by atoms with van der Waals surface area (Å²) in [6, 6.07) is -3.17. The molecule has 4 saturated heterocycles. The van der Waals surface area contributed by atoms with Gasteiger partial charge in [0.1, 0.15) is 60.9 Å². The SMILES string of the molecule is C=CCO[C@@H]1OC(COS(=O)(=O)[O-])[C@H](C)[C@H](O[C@@H]2OC(C(=O)[O-])[C@@H](O[C@@H]3OC(COS(=O)(=O)[O-])[C@H](C)[C@H](O[C@@H]4OC(C(=O)[O-])[C@@H](O)[C@H](O)C4O)C3NC(C)=O)[C@H](O)C2O)C1NC(C)=O. The number of aliphatic hydroxyl groups excluding tert-OH is 5. The van der Waals surface area contributed by atoms with Crippen LogP contribution in [-0.4, -0.2) is 206 Å². The zero-order chi connectivity index (χ0) is 48.2. The Morgan fingerprint density at radius 1 is 0.609 bits per heavy atom. The zero-order valence-corrected chi connectivity index (χ0v) is 35.6. The molecule has 368 valence electrons. The predicted molar refractivity (Wildman–Crippen MR) is 190 cm³/mol. The number of carboxylic acid groups (broad SMARTS) is 2. The molecule has 7 N–H and O–H groups in total. The van der Waals surface area contributed by atoms with Gasteiger partial charge in [0.25, 0.3) is 0 Å². The maximum atomic E-state index is 12.7. The Balaban J connectivity index is 1.70. The number of hydrogen-bond donors (Lipinski definition) is 7. The maximum absolute atomic E-state index is 12.7. The molecule has 20 atom stereocenters. The normalized spacial score (nSPS) is 40.8. The summed E-state index contributed by atoms with van der Waals surface area (Å²) in [5, 5.41) is 83.3. The highest BCUT2D eigenvalue weighted by atomic mass is 32.3. The lowest BCUT2D eigenvalue weighted by Crippen LogP contribution is -2.70. The molecule has 0 aromatic rings. The van der Waals surface area contributed by atoms with E-state index in [0.29, 0.717) is 0 Å². The first-order valence-electron chi connectivity index (χ1n) is 19.0. The van der Waals surface area contributed by atoms with Crippen LogP contribution >= 0.6 is 0 Å². The molecule has 2 amide bonds. The molecular formula is C33H48N2O27S2-4. The second-order valence-electron chi connectivity index (χ2n) is 15.0. The van der Waals surface area contributed by atoms with Crippen LogP contribution in [-0.2, 0) is 86.2 Å². The highest BCUT2D eigenvalue weighted by Crippen LogP contribution is 2.37. The number of aliphatic carboxylic acids is 2. The van der Waals surface area contributed by atoms with Crippen molar-refractivity contribution in [1.82, 2.24) is 10.6 Å². The van der Waals surface area contributed by atoms with Crippen LogP contribution < -0.4 is 20.8 Å². The summed E-state index contributed by atoms with van der Waals surface area (Å²) >= 11 is 0. The number of nitrogens with one attached hydrogen (secondary N) is 2. The molecule has 8 unspecified atom stereocenters. The molecule has 0 saturated carbocycles. The van der Waals surface area contributed by atoms with Crippen LogP contribution in [0.4, 0.5) is 0 Å². The van der Waals surface area contributed by atoms with Gasteiger partial charge in [-0.3, -0.25) is 18.0 Å². The van der Waals surface area contributed by atoms with Crippen LogP contribution in [0, 0.1) is 11.8 Å². The third-order valence-corrected chi connectivity index (χ3v) is 11.3. The summed E-state index contributed by atoms with van der Waals surface area (Å²) in [6.45, 7) is 5.78. The molecule has 0 radical (unpaired) electrons. The lowest BCUT2D eigenvalue weighted by Gasteiger charge is -2.51. The van der Waals surface area contributed by atoms with E-state index in [2.05, 4.69) is 25.6 Å². The highest BCUT2D eigenvalue weighted by molar-refractivity contribution is 7.81. The fraction of sp³-hybridized carbons (Fsp3) is 0.818. The summed E-state index contributed by atoms with van der Waals surface area (Å²) in [7, 11) is -10.8. The Morgan fingerprint density at radius 3 is 1.44 bits per heavy atom. The molecule has 0 aromatic heterocycles. The average molecular weight is 969 g/mol. The largest absolute Gasteiger partial charge is 0.726 e. The Kier molecular flexibility index (Phi) is 18.5. The summed E-state index contributed by atoms with van der Waals surface area (Å²) < 4.78 is 122. The van der Waals surface area contributed by atoms with E-state index in [4.69, 9.17) is 37.9 Å². The molecule has 4 aliphatic heterocycles. The molecule has 0 spiro atoms. The molecule has 29 nitrogen and oxygen atoms in total. The maximum Gasteiger partial charge on any atom is 0.217 e. The molecule has 0 bridgehead atoms. The molecule has 0 aromatic carbocycles. The van der Waals surface area contributed by atoms with Crippen LogP contribution in [0.3, 0.4) is 0 Å². The fourth-order valence-corrected chi connectivity index (χ4v) is 7.95. The minimum Gasteiger partial charge on any atom is -0.726 e. The minimum atomic E-state index is -5.46. The van der Waals surface area contributed by atoms with Crippen molar-refractivity contribution in [2.24, 2.45) is 11.8 Å². The van der Waals surface area contributed by atoms with Gasteiger partial charge in [-0.1, -0.05) is 19.9 Å². The quantitative estimate of drug-likeness (QED) is 0.0359. The molecule has 4 rings (SSSR count). The summed E-state index contributed by atoms with van der Waals surface area (Å²) in [5.74, 6) is -8.30. The highest BCUT2D eigenvalue weighted by Gasteiger charge is 2.56. The van der Waals surface area contributed by atoms with Gasteiger partial charge in [0.05, 0.1) is 56.2 Å². The van der Waals surface area contributed by atoms with Crippen LogP contribution in [0.5, 0.6) is 0 Å². The Morgan fingerprint density at radius 2 is 1.02 bits per heavy atom. The first-order chi connectivity index (χ1) is 29.6. The molecule has 64 heavy (non-hydrogen) atoms. The van der Waals surface area contributed by atoms with Gasteiger partial charge in [0.15, 0.2) is 25.2 Å². The number of carbonyl (C=O) groups excluding carboxylic acids is 4. The van der Waals surface area contributed by atoms with E-state index in [9.17, 15) is 80.9 Å². The number of amides is 2. The molecule has 4 heterocycles. The van der Waals surface area contributed by atoms with E-state index in [0.717, 1.165) is 13.8 Å². The van der Waals surface area contributed by atoms with E-state index in [1.54, 1.807) is 0 Å². The predicted octanol–water partition coefficient (Wildman–Crippen LogP) is -9.22. The van der Waals surface area contributed by atoms with Crippen LogP contribution in [0.1, 0.15) is 27.7 Å². The van der Waals surface area contributed by atoms with Crippen molar-refractivity contribution in [1.29, 1.82) is 0 Å². The van der Waals surface area contributed by atoms with E-state index in [-0.39, 0.29) is 6.61 Å². The molecule has 0 aliphatic carbocycles. The summed E-state index contributed by atoms with van der Waals surface area (Å²) in [4.78, 5) is 49.3. The minimum absolute atomic E-state index is 0.241. The van der Waals surface area contributed by atoms with Gasteiger partial charge < -0.3 is 103 Å². The average Bonchev–Trinajstić information content (AvgIpc) is 3.18. The molecular weight excluding hydrogens is 920 g/mol. The van der Waals surface area contributed by atoms with Crippen molar-refractivity contribution in [3.05, 3.63) is 12.7 Å². The monoisotopic (exact) mass is 968 g/mol. The number of carboxylic acids is 2. The van der Waals surface area contributed by atoms with E-state index >= 15 is 0 Å². The lowest BCUT2D eigenvalue weighted by molar-refractivity contribution is -0.383. The van der Waals surface area contributed by atoms with Gasteiger partial charge in [-0.05, 0) is 0 Å². The lowest BCUT2D eigenvalue weighted by atomic mass is 9.88. The van der Waals surface area contributed by atoms with Crippen LogP contribution in [0.25, 0.3) is 0 Å². The Hall–Kier alpha value is -3.16. The topological polar surface area (TPSA) is 446 Å². The van der Waals surface area contributed by atoms with Crippen molar-refractivity contribution in [2.75, 3.05) is 19.8 Å². The number of rotatable bonds is 19. The standard InChI is InChI=1S/C33H52N2O27S2/c1-6-7-53-30-16(34-12(4)36)23(10(2)14(56-30)8-54-63(47,48)49)58-33-22(42)20(40)25(27(62-33)29(45)46)60-31-17(35-13(5)37)24(11(3)15(57-31)9-55-64(50,51)52)59-32-21(41)18(38)19(39)26(61-32)28(43)44/h6,10-11,14-27,30-33,38-42H,1,7-9H2,2-5H3,(H,34,36)(H,35,37)(H,43,44)(H,45,46)(H,47,48,49)(H,50,51,52)/p-4/t10-,11-,14?,15?,16?,17?,18-,19-,20+,21?,22?,23-,24-,25-,26?,27?,30+,31-,32+,33+/m0/s1. The van der Waals surface area contributed by atoms with Gasteiger partial charge in [-0.15, -0.1) is 6.58 Å². The Bertz CT molecular complexity index is 1870. The third kappa shape index (κ3) is 13.5. The number of hydrogen-bond acceptors (Lipinski definition) is 27. The molecule has 31 heteroatoms. The van der Waals surface area contributed by atoms with Crippen LogP contribution in [0.2, 0.25) is 0 Å². The number of carbonyl (C=O) groups is 4.